The molecule has 0 saturated heterocycles. The number of hydrogen-bond acceptors (Lipinski definition) is 3. The van der Waals surface area contributed by atoms with Gasteiger partial charge in [0.15, 0.2) is 0 Å². The monoisotopic (exact) mass is 346 g/mol. The Morgan fingerprint density at radius 2 is 1.87 bits per heavy atom. The maximum Gasteiger partial charge on any atom is 0.0838 e. The quantitative estimate of drug-likeness (QED) is 0.738. The molecule has 0 fully saturated rings. The summed E-state index contributed by atoms with van der Waals surface area (Å²) in [7, 11) is 2.06. The molecule has 1 heterocycles. The van der Waals surface area contributed by atoms with E-state index in [1.165, 1.54) is 16.5 Å². The summed E-state index contributed by atoms with van der Waals surface area (Å²) in [5.41, 5.74) is 8.36. The third-order valence-electron chi connectivity index (χ3n) is 3.88. The first-order chi connectivity index (χ1) is 11.1. The SMILES string of the molecule is Cn1c(Sc2ccc(Cl)cc2)c(CC(N)CO)c2ccccc21. The summed E-state index contributed by atoms with van der Waals surface area (Å²) in [6, 6.07) is 15.8. The van der Waals surface area contributed by atoms with Gasteiger partial charge in [-0.1, -0.05) is 41.6 Å². The Labute approximate surface area is 145 Å². The van der Waals surface area contributed by atoms with Crippen molar-refractivity contribution in [1.82, 2.24) is 4.57 Å². The Morgan fingerprint density at radius 3 is 2.57 bits per heavy atom. The van der Waals surface area contributed by atoms with E-state index in [1.807, 2.05) is 36.4 Å². The minimum absolute atomic E-state index is 0.0196. The lowest BCUT2D eigenvalue weighted by Gasteiger charge is -2.11. The summed E-state index contributed by atoms with van der Waals surface area (Å²) in [6.07, 6.45) is 0.647. The summed E-state index contributed by atoms with van der Waals surface area (Å²) in [6.45, 7) is -0.0196. The molecule has 5 heteroatoms. The largest absolute Gasteiger partial charge is 0.395 e. The van der Waals surface area contributed by atoms with Crippen LogP contribution in [0.5, 0.6) is 0 Å². The van der Waals surface area contributed by atoms with Crippen LogP contribution in [0.2, 0.25) is 5.02 Å². The number of aryl methyl sites for hydroxylation is 1. The third kappa shape index (κ3) is 3.40. The van der Waals surface area contributed by atoms with Gasteiger partial charge in [0.2, 0.25) is 0 Å². The number of para-hydroxylation sites is 1. The number of nitrogens with zero attached hydrogens (tertiary/aromatic N) is 1. The molecule has 0 aliphatic heterocycles. The average molecular weight is 347 g/mol. The number of aliphatic hydroxyl groups is 1. The van der Waals surface area contributed by atoms with Gasteiger partial charge in [0.05, 0.1) is 11.6 Å². The van der Waals surface area contributed by atoms with Crippen LogP contribution in [0.15, 0.2) is 58.5 Å². The third-order valence-corrected chi connectivity index (χ3v) is 5.36. The van der Waals surface area contributed by atoms with Crippen LogP contribution in [0.1, 0.15) is 5.56 Å². The first kappa shape index (κ1) is 16.4. The number of rotatable bonds is 5. The smallest absolute Gasteiger partial charge is 0.0838 e. The molecule has 0 bridgehead atoms. The Morgan fingerprint density at radius 1 is 1.17 bits per heavy atom. The number of halogens is 1. The molecule has 0 saturated carbocycles. The fourth-order valence-corrected chi connectivity index (χ4v) is 3.89. The summed E-state index contributed by atoms with van der Waals surface area (Å²) in [5, 5.41) is 12.4. The van der Waals surface area contributed by atoms with E-state index < -0.39 is 0 Å². The van der Waals surface area contributed by atoms with Gasteiger partial charge < -0.3 is 15.4 Å². The van der Waals surface area contributed by atoms with Crippen molar-refractivity contribution in [3.63, 3.8) is 0 Å². The number of nitrogens with two attached hydrogens (primary N) is 1. The van der Waals surface area contributed by atoms with Crippen LogP contribution in [0.4, 0.5) is 0 Å². The van der Waals surface area contributed by atoms with E-state index in [4.69, 9.17) is 17.3 Å². The van der Waals surface area contributed by atoms with E-state index in [-0.39, 0.29) is 12.6 Å². The number of aromatic nitrogens is 1. The highest BCUT2D eigenvalue weighted by molar-refractivity contribution is 7.99. The molecule has 0 aliphatic carbocycles. The standard InChI is InChI=1S/C18H19ClN2OS/c1-21-17-5-3-2-4-15(17)16(10-13(20)11-22)18(21)23-14-8-6-12(19)7-9-14/h2-9,13,22H,10-11,20H2,1H3. The van der Waals surface area contributed by atoms with Crippen LogP contribution in [-0.4, -0.2) is 22.3 Å². The van der Waals surface area contributed by atoms with Crippen molar-refractivity contribution in [3.8, 4) is 0 Å². The molecule has 1 aromatic heterocycles. The molecular weight excluding hydrogens is 328 g/mol. The highest BCUT2D eigenvalue weighted by atomic mass is 35.5. The second kappa shape index (κ2) is 6.97. The van der Waals surface area contributed by atoms with Crippen molar-refractivity contribution in [2.45, 2.75) is 22.4 Å². The predicted molar refractivity (Wildman–Crippen MR) is 97.3 cm³/mol. The van der Waals surface area contributed by atoms with Crippen LogP contribution >= 0.6 is 23.4 Å². The Bertz CT molecular complexity index is 814. The summed E-state index contributed by atoms with van der Waals surface area (Å²) in [4.78, 5) is 1.12. The van der Waals surface area contributed by atoms with Gasteiger partial charge in [-0.3, -0.25) is 0 Å². The first-order valence-electron chi connectivity index (χ1n) is 7.46. The number of hydrogen-bond donors (Lipinski definition) is 2. The lowest BCUT2D eigenvalue weighted by molar-refractivity contribution is 0.265. The summed E-state index contributed by atoms with van der Waals surface area (Å²) < 4.78 is 2.19. The highest BCUT2D eigenvalue weighted by Crippen LogP contribution is 2.37. The minimum atomic E-state index is -0.259. The molecule has 23 heavy (non-hydrogen) atoms. The normalized spacial score (nSPS) is 12.7. The second-order valence-electron chi connectivity index (χ2n) is 5.56. The topological polar surface area (TPSA) is 51.2 Å². The molecule has 1 unspecified atom stereocenters. The average Bonchev–Trinajstić information content (AvgIpc) is 2.83. The Balaban J connectivity index is 2.08. The molecule has 2 aromatic carbocycles. The maximum atomic E-state index is 9.33. The molecular formula is C18H19ClN2OS. The second-order valence-corrected chi connectivity index (χ2v) is 7.06. The van der Waals surface area contributed by atoms with E-state index in [1.54, 1.807) is 11.8 Å². The summed E-state index contributed by atoms with van der Waals surface area (Å²) >= 11 is 7.67. The fourth-order valence-electron chi connectivity index (χ4n) is 2.72. The van der Waals surface area contributed by atoms with Crippen LogP contribution in [-0.2, 0) is 13.5 Å². The van der Waals surface area contributed by atoms with Crippen LogP contribution in [0.25, 0.3) is 10.9 Å². The number of aliphatic hydroxyl groups excluding tert-OH is 1. The van der Waals surface area contributed by atoms with Crippen LogP contribution < -0.4 is 5.73 Å². The van der Waals surface area contributed by atoms with Crippen molar-refractivity contribution in [1.29, 1.82) is 0 Å². The molecule has 0 radical (unpaired) electrons. The molecule has 0 spiro atoms. The first-order valence-corrected chi connectivity index (χ1v) is 8.65. The molecule has 3 N–H and O–H groups in total. The predicted octanol–water partition coefficient (Wildman–Crippen LogP) is 3.85. The molecule has 120 valence electrons. The fraction of sp³-hybridized carbons (Fsp3) is 0.222. The Kier molecular flexibility index (Phi) is 4.97. The maximum absolute atomic E-state index is 9.33. The van der Waals surface area contributed by atoms with E-state index in [0.29, 0.717) is 6.42 Å². The van der Waals surface area contributed by atoms with Crippen molar-refractivity contribution in [2.24, 2.45) is 12.8 Å². The van der Waals surface area contributed by atoms with E-state index in [9.17, 15) is 5.11 Å². The van der Waals surface area contributed by atoms with Gasteiger partial charge in [-0.25, -0.2) is 0 Å². The van der Waals surface area contributed by atoms with Crippen LogP contribution in [0.3, 0.4) is 0 Å². The molecule has 3 aromatic rings. The minimum Gasteiger partial charge on any atom is -0.395 e. The van der Waals surface area contributed by atoms with Gasteiger partial charge in [-0.15, -0.1) is 0 Å². The highest BCUT2D eigenvalue weighted by Gasteiger charge is 2.18. The zero-order chi connectivity index (χ0) is 16.4. The van der Waals surface area contributed by atoms with Gasteiger partial charge in [0, 0.05) is 33.9 Å². The lowest BCUT2D eigenvalue weighted by atomic mass is 10.1. The Hall–Kier alpha value is -1.46. The van der Waals surface area contributed by atoms with E-state index in [0.717, 1.165) is 14.9 Å². The zero-order valence-electron chi connectivity index (χ0n) is 12.9. The molecule has 3 rings (SSSR count). The van der Waals surface area contributed by atoms with Crippen LogP contribution in [0, 0.1) is 0 Å². The zero-order valence-corrected chi connectivity index (χ0v) is 14.4. The van der Waals surface area contributed by atoms with Gasteiger partial charge in [-0.2, -0.15) is 0 Å². The van der Waals surface area contributed by atoms with Crippen molar-refractivity contribution < 1.29 is 5.11 Å². The van der Waals surface area contributed by atoms with Crippen molar-refractivity contribution in [2.75, 3.05) is 6.61 Å². The number of fused-ring (bicyclic) bond motifs is 1. The van der Waals surface area contributed by atoms with Gasteiger partial charge in [-0.05, 0) is 42.3 Å². The van der Waals surface area contributed by atoms with Gasteiger partial charge in [0.1, 0.15) is 0 Å². The molecule has 0 aliphatic rings. The van der Waals surface area contributed by atoms with E-state index >= 15 is 0 Å². The van der Waals surface area contributed by atoms with E-state index in [2.05, 4.69) is 23.7 Å². The molecule has 3 nitrogen and oxygen atoms in total. The lowest BCUT2D eigenvalue weighted by Crippen LogP contribution is -2.27. The molecule has 1 atom stereocenters. The van der Waals surface area contributed by atoms with Gasteiger partial charge >= 0.3 is 0 Å². The van der Waals surface area contributed by atoms with Crippen molar-refractivity contribution >= 4 is 34.3 Å². The number of benzene rings is 2. The van der Waals surface area contributed by atoms with Gasteiger partial charge in [0.25, 0.3) is 0 Å². The van der Waals surface area contributed by atoms with Crippen molar-refractivity contribution in [3.05, 3.63) is 59.1 Å². The summed E-state index contributed by atoms with van der Waals surface area (Å²) in [5.74, 6) is 0. The molecule has 0 amide bonds.